The topological polar surface area (TPSA) is 15.3 Å². The molecule has 0 saturated carbocycles. The number of benzene rings is 1. The molecule has 1 heterocycles. The van der Waals surface area contributed by atoms with E-state index >= 15 is 0 Å². The first-order valence-corrected chi connectivity index (χ1v) is 5.44. The van der Waals surface area contributed by atoms with E-state index in [4.69, 9.17) is 0 Å². The lowest BCUT2D eigenvalue weighted by Gasteiger charge is -2.27. The van der Waals surface area contributed by atoms with Crippen molar-refractivity contribution >= 4 is 12.4 Å². The average molecular weight is 245 g/mol. The molecule has 2 rings (SSSR count). The number of aryl methyl sites for hydroxylation is 1. The summed E-state index contributed by atoms with van der Waals surface area (Å²) in [6.45, 7) is 7.18. The van der Waals surface area contributed by atoms with Gasteiger partial charge in [0.05, 0.1) is 0 Å². The number of hydrogen-bond acceptors (Lipinski definition) is 2. The van der Waals surface area contributed by atoms with Crippen LogP contribution in [0.15, 0.2) is 18.2 Å². The van der Waals surface area contributed by atoms with Crippen molar-refractivity contribution in [2.45, 2.75) is 13.5 Å². The molecule has 4 heteroatoms. The Kier molecular flexibility index (Phi) is 5.19. The molecule has 0 unspecified atom stereocenters. The zero-order valence-electron chi connectivity index (χ0n) is 9.50. The SMILES string of the molecule is Cc1cc(F)ccc1CN1CCNCC1.Cl. The van der Waals surface area contributed by atoms with E-state index in [1.54, 1.807) is 12.1 Å². The van der Waals surface area contributed by atoms with Gasteiger partial charge >= 0.3 is 0 Å². The second-order valence-corrected chi connectivity index (χ2v) is 4.10. The first-order chi connectivity index (χ1) is 7.25. The minimum Gasteiger partial charge on any atom is -0.314 e. The molecule has 1 aliphatic rings. The van der Waals surface area contributed by atoms with Crippen LogP contribution in [-0.2, 0) is 6.54 Å². The predicted molar refractivity (Wildman–Crippen MR) is 66.5 cm³/mol. The molecule has 1 N–H and O–H groups in total. The molecule has 0 atom stereocenters. The lowest BCUT2D eigenvalue weighted by molar-refractivity contribution is 0.233. The molecule has 1 aromatic carbocycles. The van der Waals surface area contributed by atoms with Crippen molar-refractivity contribution in [1.82, 2.24) is 10.2 Å². The monoisotopic (exact) mass is 244 g/mol. The minimum absolute atomic E-state index is 0. The molecule has 90 valence electrons. The molecule has 1 fully saturated rings. The molecule has 0 bridgehead atoms. The summed E-state index contributed by atoms with van der Waals surface area (Å²) in [5, 5.41) is 3.32. The maximum absolute atomic E-state index is 12.9. The van der Waals surface area contributed by atoms with Crippen LogP contribution < -0.4 is 5.32 Å². The van der Waals surface area contributed by atoms with Gasteiger partial charge in [-0.2, -0.15) is 0 Å². The molecule has 0 amide bonds. The van der Waals surface area contributed by atoms with Gasteiger partial charge in [-0.05, 0) is 30.2 Å². The highest BCUT2D eigenvalue weighted by Crippen LogP contribution is 2.12. The van der Waals surface area contributed by atoms with Gasteiger partial charge in [0.25, 0.3) is 0 Å². The summed E-state index contributed by atoms with van der Waals surface area (Å²) in [7, 11) is 0. The summed E-state index contributed by atoms with van der Waals surface area (Å²) < 4.78 is 12.9. The van der Waals surface area contributed by atoms with Crippen LogP contribution in [0.2, 0.25) is 0 Å². The summed E-state index contributed by atoms with van der Waals surface area (Å²) in [5.41, 5.74) is 2.28. The van der Waals surface area contributed by atoms with E-state index in [9.17, 15) is 4.39 Å². The van der Waals surface area contributed by atoms with E-state index in [0.717, 1.165) is 38.3 Å². The molecule has 16 heavy (non-hydrogen) atoms. The summed E-state index contributed by atoms with van der Waals surface area (Å²) in [6, 6.07) is 5.05. The molecule has 2 nitrogen and oxygen atoms in total. The van der Waals surface area contributed by atoms with E-state index < -0.39 is 0 Å². The predicted octanol–water partition coefficient (Wildman–Crippen LogP) is 1.96. The number of halogens is 2. The van der Waals surface area contributed by atoms with E-state index in [2.05, 4.69) is 10.2 Å². The van der Waals surface area contributed by atoms with Gasteiger partial charge in [0.1, 0.15) is 5.82 Å². The van der Waals surface area contributed by atoms with Crippen molar-refractivity contribution in [3.05, 3.63) is 35.1 Å². The van der Waals surface area contributed by atoms with Crippen LogP contribution in [0.25, 0.3) is 0 Å². The number of hydrogen-bond donors (Lipinski definition) is 1. The first-order valence-electron chi connectivity index (χ1n) is 5.44. The second-order valence-electron chi connectivity index (χ2n) is 4.10. The fourth-order valence-electron chi connectivity index (χ4n) is 1.95. The molecule has 0 radical (unpaired) electrons. The van der Waals surface area contributed by atoms with Crippen LogP contribution >= 0.6 is 12.4 Å². The number of rotatable bonds is 2. The van der Waals surface area contributed by atoms with Gasteiger partial charge in [0.15, 0.2) is 0 Å². The van der Waals surface area contributed by atoms with Crippen LogP contribution in [-0.4, -0.2) is 31.1 Å². The normalized spacial score (nSPS) is 16.9. The first kappa shape index (κ1) is 13.4. The van der Waals surface area contributed by atoms with E-state index in [1.165, 1.54) is 5.56 Å². The Morgan fingerprint density at radius 1 is 1.31 bits per heavy atom. The second kappa shape index (κ2) is 6.18. The Labute approximate surface area is 102 Å². The lowest BCUT2D eigenvalue weighted by atomic mass is 10.1. The van der Waals surface area contributed by atoms with Crippen LogP contribution in [0.3, 0.4) is 0 Å². The third-order valence-electron chi connectivity index (χ3n) is 2.91. The molecule has 0 spiro atoms. The number of nitrogens with one attached hydrogen (secondary N) is 1. The molecule has 1 aliphatic heterocycles. The van der Waals surface area contributed by atoms with Gasteiger partial charge in [0, 0.05) is 32.7 Å². The Bertz CT molecular complexity index is 338. The van der Waals surface area contributed by atoms with Crippen molar-refractivity contribution in [1.29, 1.82) is 0 Å². The van der Waals surface area contributed by atoms with E-state index in [-0.39, 0.29) is 18.2 Å². The smallest absolute Gasteiger partial charge is 0.123 e. The highest BCUT2D eigenvalue weighted by atomic mass is 35.5. The zero-order valence-corrected chi connectivity index (χ0v) is 10.3. The zero-order chi connectivity index (χ0) is 10.7. The number of piperazine rings is 1. The van der Waals surface area contributed by atoms with Gasteiger partial charge in [-0.3, -0.25) is 4.90 Å². The largest absolute Gasteiger partial charge is 0.314 e. The Morgan fingerprint density at radius 3 is 2.62 bits per heavy atom. The van der Waals surface area contributed by atoms with Crippen molar-refractivity contribution < 1.29 is 4.39 Å². The van der Waals surface area contributed by atoms with Gasteiger partial charge in [0.2, 0.25) is 0 Å². The Morgan fingerprint density at radius 2 is 2.00 bits per heavy atom. The quantitative estimate of drug-likeness (QED) is 0.856. The van der Waals surface area contributed by atoms with E-state index in [0.29, 0.717) is 0 Å². The van der Waals surface area contributed by atoms with Crippen LogP contribution in [0, 0.1) is 12.7 Å². The molecule has 0 aliphatic carbocycles. The lowest BCUT2D eigenvalue weighted by Crippen LogP contribution is -2.42. The molecular weight excluding hydrogens is 227 g/mol. The maximum atomic E-state index is 12.9. The van der Waals surface area contributed by atoms with Crippen LogP contribution in [0.1, 0.15) is 11.1 Å². The van der Waals surface area contributed by atoms with Crippen LogP contribution in [0.5, 0.6) is 0 Å². The van der Waals surface area contributed by atoms with Crippen molar-refractivity contribution in [3.63, 3.8) is 0 Å². The summed E-state index contributed by atoms with van der Waals surface area (Å²) >= 11 is 0. The summed E-state index contributed by atoms with van der Waals surface area (Å²) in [4.78, 5) is 2.40. The molecular formula is C12H18ClFN2. The van der Waals surface area contributed by atoms with Gasteiger partial charge < -0.3 is 5.32 Å². The standard InChI is InChI=1S/C12H17FN2.ClH/c1-10-8-12(13)3-2-11(10)9-15-6-4-14-5-7-15;/h2-3,8,14H,4-7,9H2,1H3;1H. The van der Waals surface area contributed by atoms with Gasteiger partial charge in [-0.1, -0.05) is 6.07 Å². The van der Waals surface area contributed by atoms with Gasteiger partial charge in [-0.25, -0.2) is 4.39 Å². The third kappa shape index (κ3) is 3.44. The highest BCUT2D eigenvalue weighted by Gasteiger charge is 2.10. The molecule has 1 saturated heterocycles. The molecule has 0 aromatic heterocycles. The molecule has 1 aromatic rings. The Balaban J connectivity index is 0.00000128. The average Bonchev–Trinajstić information content (AvgIpc) is 2.24. The van der Waals surface area contributed by atoms with Crippen molar-refractivity contribution in [2.24, 2.45) is 0 Å². The van der Waals surface area contributed by atoms with Crippen molar-refractivity contribution in [3.8, 4) is 0 Å². The summed E-state index contributed by atoms with van der Waals surface area (Å²) in [5.74, 6) is -0.142. The highest BCUT2D eigenvalue weighted by molar-refractivity contribution is 5.85. The maximum Gasteiger partial charge on any atom is 0.123 e. The minimum atomic E-state index is -0.142. The third-order valence-corrected chi connectivity index (χ3v) is 2.91. The van der Waals surface area contributed by atoms with Gasteiger partial charge in [-0.15, -0.1) is 12.4 Å². The van der Waals surface area contributed by atoms with Crippen molar-refractivity contribution in [2.75, 3.05) is 26.2 Å². The van der Waals surface area contributed by atoms with Crippen LogP contribution in [0.4, 0.5) is 4.39 Å². The fraction of sp³-hybridized carbons (Fsp3) is 0.500. The Hall–Kier alpha value is -0.640. The summed E-state index contributed by atoms with van der Waals surface area (Å²) in [6.07, 6.45) is 0. The number of nitrogens with zero attached hydrogens (tertiary/aromatic N) is 1. The van der Waals surface area contributed by atoms with E-state index in [1.807, 2.05) is 13.0 Å². The fourth-order valence-corrected chi connectivity index (χ4v) is 1.95.